The number of hydrogen-bond donors (Lipinski definition) is 0. The number of pyridine rings is 1. The first kappa shape index (κ1) is 21.8. The Morgan fingerprint density at radius 1 is 0.967 bits per heavy atom. The van der Waals surface area contributed by atoms with Gasteiger partial charge in [0, 0.05) is 44.5 Å². The van der Waals surface area contributed by atoms with Crippen LogP contribution in [0.4, 0.5) is 0 Å². The van der Waals surface area contributed by atoms with Gasteiger partial charge in [0.1, 0.15) is 5.75 Å². The third-order valence-electron chi connectivity index (χ3n) is 5.43. The van der Waals surface area contributed by atoms with E-state index in [-0.39, 0.29) is 11.8 Å². The van der Waals surface area contributed by atoms with Gasteiger partial charge in [0.15, 0.2) is 0 Å². The quantitative estimate of drug-likeness (QED) is 0.629. The summed E-state index contributed by atoms with van der Waals surface area (Å²) >= 11 is 0. The summed E-state index contributed by atoms with van der Waals surface area (Å²) in [6.45, 7) is 7.10. The van der Waals surface area contributed by atoms with Crippen LogP contribution in [0.5, 0.6) is 5.75 Å². The molecule has 6 heteroatoms. The van der Waals surface area contributed by atoms with E-state index in [0.717, 1.165) is 29.8 Å². The molecule has 30 heavy (non-hydrogen) atoms. The molecule has 2 heterocycles. The van der Waals surface area contributed by atoms with E-state index in [1.807, 2.05) is 34.9 Å². The predicted molar refractivity (Wildman–Crippen MR) is 116 cm³/mol. The number of carbonyl (C=O) groups is 2. The molecule has 3 rings (SSSR count). The van der Waals surface area contributed by atoms with Gasteiger partial charge in [0.25, 0.3) is 0 Å². The minimum Gasteiger partial charge on any atom is -0.493 e. The average molecular weight is 410 g/mol. The third kappa shape index (κ3) is 6.31. The summed E-state index contributed by atoms with van der Waals surface area (Å²) in [6, 6.07) is 11.8. The van der Waals surface area contributed by atoms with Gasteiger partial charge in [-0.25, -0.2) is 0 Å². The van der Waals surface area contributed by atoms with E-state index < -0.39 is 0 Å². The fourth-order valence-electron chi connectivity index (χ4n) is 3.56. The number of piperazine rings is 1. The van der Waals surface area contributed by atoms with Crippen LogP contribution in [0, 0.1) is 13.8 Å². The highest BCUT2D eigenvalue weighted by Gasteiger charge is 2.24. The molecule has 1 aromatic heterocycles. The van der Waals surface area contributed by atoms with Crippen LogP contribution in [0.1, 0.15) is 36.1 Å². The molecule has 0 saturated carbocycles. The molecule has 1 fully saturated rings. The number of ether oxygens (including phenoxy) is 1. The number of carbonyl (C=O) groups excluding carboxylic acids is 2. The molecule has 1 aromatic carbocycles. The van der Waals surface area contributed by atoms with Crippen molar-refractivity contribution in [2.45, 2.75) is 39.5 Å². The van der Waals surface area contributed by atoms with Crippen LogP contribution in [-0.4, -0.2) is 59.4 Å². The molecule has 1 aliphatic rings. The lowest BCUT2D eigenvalue weighted by atomic mass is 10.1. The van der Waals surface area contributed by atoms with Gasteiger partial charge in [-0.1, -0.05) is 18.2 Å². The first-order chi connectivity index (χ1) is 14.5. The number of rotatable bonds is 8. The summed E-state index contributed by atoms with van der Waals surface area (Å²) in [5.74, 6) is 1.16. The lowest BCUT2D eigenvalue weighted by molar-refractivity contribution is -0.139. The monoisotopic (exact) mass is 409 g/mol. The van der Waals surface area contributed by atoms with Gasteiger partial charge < -0.3 is 14.5 Å². The molecule has 0 aliphatic carbocycles. The summed E-state index contributed by atoms with van der Waals surface area (Å²) in [6.07, 6.45) is 4.20. The Morgan fingerprint density at radius 2 is 1.70 bits per heavy atom. The second-order valence-corrected chi connectivity index (χ2v) is 7.83. The number of hydrogen-bond acceptors (Lipinski definition) is 4. The summed E-state index contributed by atoms with van der Waals surface area (Å²) in [7, 11) is 0. The maximum atomic E-state index is 12.5. The van der Waals surface area contributed by atoms with Crippen LogP contribution in [0.2, 0.25) is 0 Å². The standard InChI is InChI=1S/C24H31N3O3/c1-19-9-10-20(2)22(17-19)30-16-6-4-8-23(28)26-12-14-27(15-13-26)24(29)18-21-7-3-5-11-25-21/h3,5,7,9-11,17H,4,6,8,12-16,18H2,1-2H3. The van der Waals surface area contributed by atoms with E-state index in [2.05, 4.69) is 30.1 Å². The third-order valence-corrected chi connectivity index (χ3v) is 5.43. The number of amides is 2. The highest BCUT2D eigenvalue weighted by molar-refractivity contribution is 5.79. The molecule has 1 saturated heterocycles. The van der Waals surface area contributed by atoms with Crippen molar-refractivity contribution in [2.75, 3.05) is 32.8 Å². The van der Waals surface area contributed by atoms with Crippen molar-refractivity contribution >= 4 is 11.8 Å². The molecule has 0 spiro atoms. The lowest BCUT2D eigenvalue weighted by Gasteiger charge is -2.35. The highest BCUT2D eigenvalue weighted by atomic mass is 16.5. The summed E-state index contributed by atoms with van der Waals surface area (Å²) in [4.78, 5) is 32.8. The number of aromatic nitrogens is 1. The number of benzene rings is 1. The van der Waals surface area contributed by atoms with Crippen molar-refractivity contribution < 1.29 is 14.3 Å². The van der Waals surface area contributed by atoms with E-state index >= 15 is 0 Å². The van der Waals surface area contributed by atoms with Crippen LogP contribution in [-0.2, 0) is 16.0 Å². The second-order valence-electron chi connectivity index (χ2n) is 7.83. The molecule has 2 aromatic rings. The Kier molecular flexibility index (Phi) is 7.82. The van der Waals surface area contributed by atoms with Crippen molar-refractivity contribution in [2.24, 2.45) is 0 Å². The smallest absolute Gasteiger partial charge is 0.228 e. The van der Waals surface area contributed by atoms with E-state index in [4.69, 9.17) is 4.74 Å². The van der Waals surface area contributed by atoms with Gasteiger partial charge in [-0.2, -0.15) is 0 Å². The van der Waals surface area contributed by atoms with E-state index in [1.54, 1.807) is 6.20 Å². The SMILES string of the molecule is Cc1ccc(C)c(OCCCCC(=O)N2CCN(C(=O)Cc3ccccn3)CC2)c1. The second kappa shape index (κ2) is 10.8. The number of nitrogens with zero attached hydrogens (tertiary/aromatic N) is 3. The van der Waals surface area contributed by atoms with Crippen molar-refractivity contribution in [3.8, 4) is 5.75 Å². The summed E-state index contributed by atoms with van der Waals surface area (Å²) in [5.41, 5.74) is 3.10. The Morgan fingerprint density at radius 3 is 2.40 bits per heavy atom. The zero-order valence-corrected chi connectivity index (χ0v) is 18.0. The van der Waals surface area contributed by atoms with Crippen LogP contribution >= 0.6 is 0 Å². The molecule has 0 radical (unpaired) electrons. The molecule has 0 bridgehead atoms. The molecular weight excluding hydrogens is 378 g/mol. The van der Waals surface area contributed by atoms with Crippen LogP contribution < -0.4 is 4.74 Å². The molecule has 160 valence electrons. The normalized spacial score (nSPS) is 13.9. The Balaban J connectivity index is 1.32. The van der Waals surface area contributed by atoms with Crippen molar-refractivity contribution in [1.82, 2.24) is 14.8 Å². The first-order valence-electron chi connectivity index (χ1n) is 10.7. The van der Waals surface area contributed by atoms with Gasteiger partial charge in [0.05, 0.1) is 13.0 Å². The molecular formula is C24H31N3O3. The van der Waals surface area contributed by atoms with Gasteiger partial charge in [-0.3, -0.25) is 14.6 Å². The maximum absolute atomic E-state index is 12.5. The van der Waals surface area contributed by atoms with Gasteiger partial charge in [-0.15, -0.1) is 0 Å². The summed E-state index contributed by atoms with van der Waals surface area (Å²) in [5, 5.41) is 0. The topological polar surface area (TPSA) is 62.7 Å². The Bertz CT molecular complexity index is 846. The number of aryl methyl sites for hydroxylation is 2. The maximum Gasteiger partial charge on any atom is 0.228 e. The predicted octanol–water partition coefficient (Wildman–Crippen LogP) is 3.16. The Hall–Kier alpha value is -2.89. The van der Waals surface area contributed by atoms with Crippen molar-refractivity contribution in [1.29, 1.82) is 0 Å². The van der Waals surface area contributed by atoms with E-state index in [1.165, 1.54) is 5.56 Å². The average Bonchev–Trinajstić information content (AvgIpc) is 2.76. The van der Waals surface area contributed by atoms with Gasteiger partial charge in [0.2, 0.25) is 11.8 Å². The molecule has 0 unspecified atom stereocenters. The van der Waals surface area contributed by atoms with Crippen LogP contribution in [0.25, 0.3) is 0 Å². The largest absolute Gasteiger partial charge is 0.493 e. The minimum absolute atomic E-state index is 0.0735. The summed E-state index contributed by atoms with van der Waals surface area (Å²) < 4.78 is 5.86. The molecule has 0 N–H and O–H groups in total. The molecule has 1 aliphatic heterocycles. The minimum atomic E-state index is 0.0735. The first-order valence-corrected chi connectivity index (χ1v) is 10.7. The molecule has 2 amide bonds. The highest BCUT2D eigenvalue weighted by Crippen LogP contribution is 2.19. The zero-order chi connectivity index (χ0) is 21.3. The van der Waals surface area contributed by atoms with Gasteiger partial charge in [-0.05, 0) is 56.0 Å². The van der Waals surface area contributed by atoms with Crippen LogP contribution in [0.15, 0.2) is 42.6 Å². The fourth-order valence-corrected chi connectivity index (χ4v) is 3.56. The zero-order valence-electron chi connectivity index (χ0n) is 18.0. The van der Waals surface area contributed by atoms with Crippen LogP contribution in [0.3, 0.4) is 0 Å². The Labute approximate surface area is 178 Å². The molecule has 0 atom stereocenters. The lowest BCUT2D eigenvalue weighted by Crippen LogP contribution is -2.51. The number of unbranched alkanes of at least 4 members (excludes halogenated alkanes) is 1. The van der Waals surface area contributed by atoms with E-state index in [0.29, 0.717) is 45.6 Å². The van der Waals surface area contributed by atoms with Crippen molar-refractivity contribution in [3.63, 3.8) is 0 Å². The molecule has 6 nitrogen and oxygen atoms in total. The van der Waals surface area contributed by atoms with Gasteiger partial charge >= 0.3 is 0 Å². The van der Waals surface area contributed by atoms with E-state index in [9.17, 15) is 9.59 Å². The van der Waals surface area contributed by atoms with Crippen molar-refractivity contribution in [3.05, 3.63) is 59.4 Å². The fraction of sp³-hybridized carbons (Fsp3) is 0.458.